The van der Waals surface area contributed by atoms with Crippen LogP contribution >= 0.6 is 0 Å². The van der Waals surface area contributed by atoms with Crippen LogP contribution in [-0.2, 0) is 9.53 Å². The number of amides is 1. The summed E-state index contributed by atoms with van der Waals surface area (Å²) in [6.07, 6.45) is -0.867. The van der Waals surface area contributed by atoms with Crippen molar-refractivity contribution < 1.29 is 28.7 Å². The van der Waals surface area contributed by atoms with Gasteiger partial charge in [0.05, 0.1) is 36.5 Å². The number of hydrogen-bond acceptors (Lipinski definition) is 7. The quantitative estimate of drug-likeness (QED) is 0.450. The van der Waals surface area contributed by atoms with Gasteiger partial charge >= 0.3 is 5.97 Å². The van der Waals surface area contributed by atoms with E-state index in [4.69, 9.17) is 9.47 Å². The van der Waals surface area contributed by atoms with Gasteiger partial charge in [-0.15, -0.1) is 0 Å². The van der Waals surface area contributed by atoms with Crippen molar-refractivity contribution in [2.45, 2.75) is 13.0 Å². The Kier molecular flexibility index (Phi) is 6.32. The molecule has 0 saturated heterocycles. The van der Waals surface area contributed by atoms with Gasteiger partial charge in [-0.3, -0.25) is 14.9 Å². The van der Waals surface area contributed by atoms with Crippen molar-refractivity contribution in [2.75, 3.05) is 19.5 Å². The number of rotatable bonds is 7. The minimum Gasteiger partial charge on any atom is -0.494 e. The first-order valence-electron chi connectivity index (χ1n) is 7.84. The van der Waals surface area contributed by atoms with Gasteiger partial charge in [0.25, 0.3) is 11.6 Å². The monoisotopic (exact) mass is 374 g/mol. The highest BCUT2D eigenvalue weighted by atomic mass is 16.6. The molecule has 0 unspecified atom stereocenters. The molecule has 2 rings (SSSR count). The highest BCUT2D eigenvalue weighted by Crippen LogP contribution is 2.29. The Morgan fingerprint density at radius 2 is 1.78 bits per heavy atom. The standard InChI is InChI=1S/C18H18N2O7/c1-11(27-14-7-4-12(5-8-14)18(22)26-3)17(21)19-15-9-6-13(20(23)24)10-16(15)25-2/h4-11H,1-3H3,(H,19,21)/t11-/m1/s1. The lowest BCUT2D eigenvalue weighted by Crippen LogP contribution is -2.30. The normalized spacial score (nSPS) is 11.2. The molecule has 0 aliphatic rings. The van der Waals surface area contributed by atoms with Gasteiger partial charge in [-0.2, -0.15) is 0 Å². The molecule has 0 bridgehead atoms. The second kappa shape index (κ2) is 8.65. The first-order valence-corrected chi connectivity index (χ1v) is 7.84. The largest absolute Gasteiger partial charge is 0.494 e. The fourth-order valence-electron chi connectivity index (χ4n) is 2.18. The molecule has 27 heavy (non-hydrogen) atoms. The van der Waals surface area contributed by atoms with Crippen LogP contribution in [0.2, 0.25) is 0 Å². The van der Waals surface area contributed by atoms with Crippen LogP contribution in [0.5, 0.6) is 11.5 Å². The van der Waals surface area contributed by atoms with Crippen molar-refractivity contribution in [3.8, 4) is 11.5 Å². The van der Waals surface area contributed by atoms with Gasteiger partial charge in [0, 0.05) is 6.07 Å². The SMILES string of the molecule is COC(=O)c1ccc(O[C@H](C)C(=O)Nc2ccc([N+](=O)[O-])cc2OC)cc1. The van der Waals surface area contributed by atoms with Crippen LogP contribution in [-0.4, -0.2) is 37.1 Å². The zero-order valence-electron chi connectivity index (χ0n) is 14.9. The number of esters is 1. The number of nitrogens with one attached hydrogen (secondary N) is 1. The van der Waals surface area contributed by atoms with Crippen molar-refractivity contribution in [2.24, 2.45) is 0 Å². The molecule has 0 aliphatic carbocycles. The minimum absolute atomic E-state index is 0.153. The van der Waals surface area contributed by atoms with Crippen molar-refractivity contribution >= 4 is 23.3 Å². The number of hydrogen-bond donors (Lipinski definition) is 1. The number of nitro groups is 1. The van der Waals surface area contributed by atoms with Gasteiger partial charge in [-0.05, 0) is 37.3 Å². The molecule has 0 saturated carbocycles. The molecule has 1 N–H and O–H groups in total. The Balaban J connectivity index is 2.05. The van der Waals surface area contributed by atoms with E-state index in [-0.39, 0.29) is 17.1 Å². The third-order valence-electron chi connectivity index (χ3n) is 3.61. The molecular formula is C18H18N2O7. The summed E-state index contributed by atoms with van der Waals surface area (Å²) >= 11 is 0. The average molecular weight is 374 g/mol. The molecule has 0 radical (unpaired) electrons. The van der Waals surface area contributed by atoms with Crippen LogP contribution in [0, 0.1) is 10.1 Å². The molecule has 2 aromatic rings. The lowest BCUT2D eigenvalue weighted by Gasteiger charge is -2.16. The predicted molar refractivity (Wildman–Crippen MR) is 96.1 cm³/mol. The maximum atomic E-state index is 12.3. The molecule has 142 valence electrons. The van der Waals surface area contributed by atoms with E-state index in [1.807, 2.05) is 0 Å². The van der Waals surface area contributed by atoms with Crippen LogP contribution in [0.25, 0.3) is 0 Å². The number of methoxy groups -OCH3 is 2. The zero-order valence-corrected chi connectivity index (χ0v) is 14.9. The molecule has 0 aliphatic heterocycles. The molecule has 9 heteroatoms. The van der Waals surface area contributed by atoms with Crippen LogP contribution in [0.1, 0.15) is 17.3 Å². The highest BCUT2D eigenvalue weighted by molar-refractivity contribution is 5.95. The summed E-state index contributed by atoms with van der Waals surface area (Å²) in [5.41, 5.74) is 0.488. The van der Waals surface area contributed by atoms with Crippen LogP contribution in [0.15, 0.2) is 42.5 Å². The Bertz CT molecular complexity index is 849. The lowest BCUT2D eigenvalue weighted by molar-refractivity contribution is -0.384. The number of anilines is 1. The Morgan fingerprint density at radius 1 is 1.11 bits per heavy atom. The third kappa shape index (κ3) is 4.94. The predicted octanol–water partition coefficient (Wildman–Crippen LogP) is 2.80. The van der Waals surface area contributed by atoms with Crippen molar-refractivity contribution in [1.82, 2.24) is 0 Å². The second-order valence-corrected chi connectivity index (χ2v) is 5.41. The molecular weight excluding hydrogens is 356 g/mol. The summed E-state index contributed by atoms with van der Waals surface area (Å²) in [5.74, 6) is -0.398. The van der Waals surface area contributed by atoms with E-state index < -0.39 is 22.9 Å². The maximum Gasteiger partial charge on any atom is 0.337 e. The van der Waals surface area contributed by atoms with Crippen LogP contribution < -0.4 is 14.8 Å². The number of nitro benzene ring substituents is 1. The summed E-state index contributed by atoms with van der Waals surface area (Å²) in [5, 5.41) is 13.4. The molecule has 0 heterocycles. The van der Waals surface area contributed by atoms with E-state index in [0.717, 1.165) is 0 Å². The molecule has 0 aromatic heterocycles. The molecule has 9 nitrogen and oxygen atoms in total. The van der Waals surface area contributed by atoms with E-state index in [1.54, 1.807) is 19.1 Å². The fourth-order valence-corrected chi connectivity index (χ4v) is 2.18. The fraction of sp³-hybridized carbons (Fsp3) is 0.222. The van der Waals surface area contributed by atoms with Gasteiger partial charge in [0.1, 0.15) is 11.5 Å². The van der Waals surface area contributed by atoms with Gasteiger partial charge in [0.15, 0.2) is 6.10 Å². The highest BCUT2D eigenvalue weighted by Gasteiger charge is 2.19. The van der Waals surface area contributed by atoms with Crippen LogP contribution in [0.4, 0.5) is 11.4 Å². The Morgan fingerprint density at radius 3 is 2.33 bits per heavy atom. The number of carbonyl (C=O) groups is 2. The molecule has 1 atom stereocenters. The number of benzene rings is 2. The molecule has 0 spiro atoms. The van der Waals surface area contributed by atoms with E-state index in [2.05, 4.69) is 10.1 Å². The average Bonchev–Trinajstić information content (AvgIpc) is 2.67. The number of ether oxygens (including phenoxy) is 3. The van der Waals surface area contributed by atoms with E-state index in [9.17, 15) is 19.7 Å². The molecule has 0 fully saturated rings. The first-order chi connectivity index (χ1) is 12.8. The maximum absolute atomic E-state index is 12.3. The number of carbonyl (C=O) groups excluding carboxylic acids is 2. The van der Waals surface area contributed by atoms with E-state index in [0.29, 0.717) is 11.3 Å². The minimum atomic E-state index is -0.867. The lowest BCUT2D eigenvalue weighted by atomic mass is 10.2. The van der Waals surface area contributed by atoms with E-state index in [1.165, 1.54) is 44.6 Å². The summed E-state index contributed by atoms with van der Waals surface area (Å²) in [6, 6.07) is 9.98. The zero-order chi connectivity index (χ0) is 20.0. The Hall–Kier alpha value is -3.62. The van der Waals surface area contributed by atoms with Crippen LogP contribution in [0.3, 0.4) is 0 Å². The second-order valence-electron chi connectivity index (χ2n) is 5.41. The smallest absolute Gasteiger partial charge is 0.337 e. The summed E-state index contributed by atoms with van der Waals surface area (Å²) in [4.78, 5) is 34.0. The van der Waals surface area contributed by atoms with Crippen molar-refractivity contribution in [3.63, 3.8) is 0 Å². The number of non-ortho nitro benzene ring substituents is 1. The summed E-state index contributed by atoms with van der Waals surface area (Å²) < 4.78 is 15.2. The summed E-state index contributed by atoms with van der Waals surface area (Å²) in [7, 11) is 2.63. The molecule has 1 amide bonds. The Labute approximate surface area is 155 Å². The number of nitrogens with zero attached hydrogens (tertiary/aromatic N) is 1. The van der Waals surface area contributed by atoms with Gasteiger partial charge in [-0.25, -0.2) is 4.79 Å². The third-order valence-corrected chi connectivity index (χ3v) is 3.61. The van der Waals surface area contributed by atoms with Crippen molar-refractivity contribution in [3.05, 3.63) is 58.1 Å². The van der Waals surface area contributed by atoms with Gasteiger partial charge < -0.3 is 19.5 Å². The summed E-state index contributed by atoms with van der Waals surface area (Å²) in [6.45, 7) is 1.54. The first kappa shape index (κ1) is 19.7. The van der Waals surface area contributed by atoms with Gasteiger partial charge in [0.2, 0.25) is 0 Å². The van der Waals surface area contributed by atoms with E-state index >= 15 is 0 Å². The topological polar surface area (TPSA) is 117 Å². The van der Waals surface area contributed by atoms with Crippen molar-refractivity contribution in [1.29, 1.82) is 0 Å². The molecule has 2 aromatic carbocycles. The van der Waals surface area contributed by atoms with Gasteiger partial charge in [-0.1, -0.05) is 0 Å².